The molecule has 0 saturated carbocycles. The number of anilines is 2. The zero-order valence-corrected chi connectivity index (χ0v) is 19.2. The normalized spacial score (nSPS) is 24.4. The Kier molecular flexibility index (Phi) is 5.62. The molecule has 3 atom stereocenters. The predicted octanol–water partition coefficient (Wildman–Crippen LogP) is 3.86. The van der Waals surface area contributed by atoms with Crippen molar-refractivity contribution >= 4 is 51.0 Å². The molecule has 2 aromatic rings. The highest BCUT2D eigenvalue weighted by Crippen LogP contribution is 2.38. The van der Waals surface area contributed by atoms with Crippen LogP contribution >= 0.6 is 15.9 Å². The van der Waals surface area contributed by atoms with Crippen LogP contribution in [-0.2, 0) is 19.2 Å². The van der Waals surface area contributed by atoms with Gasteiger partial charge in [0.15, 0.2) is 0 Å². The van der Waals surface area contributed by atoms with Crippen molar-refractivity contribution in [2.75, 3.05) is 16.3 Å². The highest BCUT2D eigenvalue weighted by Gasteiger charge is 2.47. The lowest BCUT2D eigenvalue weighted by atomic mass is 9.85. The summed E-state index contributed by atoms with van der Waals surface area (Å²) in [5.74, 6) is -1.84. The molecule has 0 spiro atoms. The quantitative estimate of drug-likeness (QED) is 0.271. The number of fused-ring (bicyclic) bond motifs is 1. The maximum Gasteiger partial charge on any atom is 0.316 e. The number of allylic oxidation sites excluding steroid dienone is 2. The minimum absolute atomic E-state index is 0.0839. The number of esters is 1. The van der Waals surface area contributed by atoms with Gasteiger partial charge in [0.05, 0.1) is 23.4 Å². The summed E-state index contributed by atoms with van der Waals surface area (Å²) in [4.78, 5) is 53.4. The molecular weight excluding hydrogens is 488 g/mol. The molecule has 33 heavy (non-hydrogen) atoms. The number of carbonyl (C=O) groups is 4. The summed E-state index contributed by atoms with van der Waals surface area (Å²) in [6.45, 7) is 0.255. The number of hydrogen-bond acceptors (Lipinski definition) is 5. The summed E-state index contributed by atoms with van der Waals surface area (Å²) < 4.78 is 6.40. The Hall–Kier alpha value is -3.26. The van der Waals surface area contributed by atoms with Crippen LogP contribution in [0, 0.1) is 17.8 Å². The van der Waals surface area contributed by atoms with Gasteiger partial charge < -0.3 is 9.64 Å². The van der Waals surface area contributed by atoms with Crippen LogP contribution in [0.25, 0.3) is 0 Å². The van der Waals surface area contributed by atoms with Gasteiger partial charge >= 0.3 is 5.97 Å². The highest BCUT2D eigenvalue weighted by molar-refractivity contribution is 9.10. The van der Waals surface area contributed by atoms with E-state index in [1.807, 2.05) is 36.4 Å². The van der Waals surface area contributed by atoms with E-state index in [2.05, 4.69) is 15.9 Å². The smallest absolute Gasteiger partial charge is 0.316 e. The van der Waals surface area contributed by atoms with Crippen LogP contribution < -0.4 is 14.5 Å². The monoisotopic (exact) mass is 508 g/mol. The van der Waals surface area contributed by atoms with Crippen molar-refractivity contribution in [3.05, 3.63) is 65.2 Å². The van der Waals surface area contributed by atoms with Gasteiger partial charge in [-0.3, -0.25) is 24.1 Å². The Balaban J connectivity index is 1.24. The number of benzene rings is 2. The second-order valence-electron chi connectivity index (χ2n) is 8.46. The first-order valence-corrected chi connectivity index (χ1v) is 11.6. The van der Waals surface area contributed by atoms with Gasteiger partial charge in [0, 0.05) is 23.1 Å². The molecule has 0 unspecified atom stereocenters. The lowest BCUT2D eigenvalue weighted by Crippen LogP contribution is -2.30. The standard InChI is InChI=1S/C25H21BrN2O5/c26-16-5-7-17(8-6-16)27-14-15(13-22(27)29)25(32)33-19-11-9-18(10-12-19)28-23(30)20-3-1-2-4-21(20)24(28)31/h1-2,5-12,15,20-21H,3-4,13-14H2/t15-,20-,21-/m1/s1. The SMILES string of the molecule is O=C(Oc1ccc(N2C(=O)[C@@H]3CC=CC[C@H]3C2=O)cc1)[C@@H]1CC(=O)N(c2ccc(Br)cc2)C1. The summed E-state index contributed by atoms with van der Waals surface area (Å²) in [5, 5.41) is 0. The molecule has 0 bridgehead atoms. The Morgan fingerprint density at radius 2 is 1.42 bits per heavy atom. The number of ether oxygens (including phenoxy) is 1. The van der Waals surface area contributed by atoms with Crippen LogP contribution in [0.5, 0.6) is 5.75 Å². The number of halogens is 1. The van der Waals surface area contributed by atoms with Crippen LogP contribution in [0.4, 0.5) is 11.4 Å². The first-order valence-electron chi connectivity index (χ1n) is 10.8. The average Bonchev–Trinajstić information content (AvgIpc) is 3.33. The zero-order valence-electron chi connectivity index (χ0n) is 17.6. The minimum atomic E-state index is -0.571. The molecule has 2 aliphatic heterocycles. The van der Waals surface area contributed by atoms with Crippen molar-refractivity contribution in [3.63, 3.8) is 0 Å². The molecule has 0 N–H and O–H groups in total. The van der Waals surface area contributed by atoms with Gasteiger partial charge in [0.25, 0.3) is 0 Å². The molecule has 8 heteroatoms. The van der Waals surface area contributed by atoms with E-state index in [4.69, 9.17) is 4.74 Å². The Morgan fingerprint density at radius 1 is 0.848 bits per heavy atom. The van der Waals surface area contributed by atoms with E-state index >= 15 is 0 Å². The van der Waals surface area contributed by atoms with Crippen molar-refractivity contribution in [2.24, 2.45) is 17.8 Å². The van der Waals surface area contributed by atoms with Crippen molar-refractivity contribution in [3.8, 4) is 5.75 Å². The van der Waals surface area contributed by atoms with Crippen LogP contribution in [0.3, 0.4) is 0 Å². The molecule has 2 heterocycles. The van der Waals surface area contributed by atoms with E-state index in [9.17, 15) is 19.2 Å². The fraction of sp³-hybridized carbons (Fsp3) is 0.280. The molecule has 2 saturated heterocycles. The van der Waals surface area contributed by atoms with Gasteiger partial charge in [-0.2, -0.15) is 0 Å². The number of nitrogens with zero attached hydrogens (tertiary/aromatic N) is 2. The first kappa shape index (κ1) is 21.6. The summed E-state index contributed by atoms with van der Waals surface area (Å²) in [6.07, 6.45) is 5.15. The molecule has 168 valence electrons. The molecule has 2 fully saturated rings. The van der Waals surface area contributed by atoms with E-state index in [1.54, 1.807) is 29.2 Å². The first-order chi connectivity index (χ1) is 15.9. The largest absolute Gasteiger partial charge is 0.426 e. The summed E-state index contributed by atoms with van der Waals surface area (Å²) in [5.41, 5.74) is 1.20. The number of carbonyl (C=O) groups excluding carboxylic acids is 4. The second-order valence-corrected chi connectivity index (χ2v) is 9.38. The minimum Gasteiger partial charge on any atom is -0.426 e. The predicted molar refractivity (Wildman–Crippen MR) is 125 cm³/mol. The summed E-state index contributed by atoms with van der Waals surface area (Å²) in [7, 11) is 0. The lowest BCUT2D eigenvalue weighted by Gasteiger charge is -2.17. The fourth-order valence-electron chi connectivity index (χ4n) is 4.65. The van der Waals surface area contributed by atoms with Crippen molar-refractivity contribution in [1.29, 1.82) is 0 Å². The number of amides is 3. The maximum absolute atomic E-state index is 12.7. The van der Waals surface area contributed by atoms with Crippen LogP contribution in [0.1, 0.15) is 19.3 Å². The van der Waals surface area contributed by atoms with Crippen LogP contribution in [0.2, 0.25) is 0 Å². The summed E-state index contributed by atoms with van der Waals surface area (Å²) >= 11 is 3.37. The molecule has 3 amide bonds. The maximum atomic E-state index is 12.7. The van der Waals surface area contributed by atoms with E-state index in [-0.39, 0.29) is 42.5 Å². The van der Waals surface area contributed by atoms with Gasteiger partial charge in [0.1, 0.15) is 5.75 Å². The molecule has 1 aliphatic carbocycles. The topological polar surface area (TPSA) is 84.0 Å². The Morgan fingerprint density at radius 3 is 2.03 bits per heavy atom. The van der Waals surface area contributed by atoms with Gasteiger partial charge in [-0.1, -0.05) is 28.1 Å². The van der Waals surface area contributed by atoms with Crippen molar-refractivity contribution in [2.45, 2.75) is 19.3 Å². The molecule has 5 rings (SSSR count). The van der Waals surface area contributed by atoms with Gasteiger partial charge in [-0.05, 0) is 61.4 Å². The third-order valence-corrected chi connectivity index (χ3v) is 6.95. The van der Waals surface area contributed by atoms with E-state index in [1.165, 1.54) is 4.90 Å². The van der Waals surface area contributed by atoms with E-state index < -0.39 is 11.9 Å². The molecule has 0 radical (unpaired) electrons. The van der Waals surface area contributed by atoms with Crippen molar-refractivity contribution in [1.82, 2.24) is 0 Å². The van der Waals surface area contributed by atoms with E-state index in [0.717, 1.165) is 10.2 Å². The third-order valence-electron chi connectivity index (χ3n) is 6.42. The fourth-order valence-corrected chi connectivity index (χ4v) is 4.92. The highest BCUT2D eigenvalue weighted by atomic mass is 79.9. The average molecular weight is 509 g/mol. The van der Waals surface area contributed by atoms with E-state index in [0.29, 0.717) is 24.3 Å². The molecule has 3 aliphatic rings. The third kappa shape index (κ3) is 3.99. The summed E-state index contributed by atoms with van der Waals surface area (Å²) in [6, 6.07) is 13.7. The Bertz CT molecular complexity index is 1130. The number of hydrogen-bond donors (Lipinski definition) is 0. The van der Waals surface area contributed by atoms with Gasteiger partial charge in [-0.25, -0.2) is 0 Å². The van der Waals surface area contributed by atoms with Crippen molar-refractivity contribution < 1.29 is 23.9 Å². The van der Waals surface area contributed by atoms with Gasteiger partial charge in [-0.15, -0.1) is 0 Å². The molecule has 0 aromatic heterocycles. The zero-order chi connectivity index (χ0) is 23.1. The second kappa shape index (κ2) is 8.59. The molecule has 2 aromatic carbocycles. The Labute approximate surface area is 199 Å². The van der Waals surface area contributed by atoms with Crippen LogP contribution in [0.15, 0.2) is 65.2 Å². The number of rotatable bonds is 4. The van der Waals surface area contributed by atoms with Crippen LogP contribution in [-0.4, -0.2) is 30.2 Å². The van der Waals surface area contributed by atoms with Gasteiger partial charge in [0.2, 0.25) is 17.7 Å². The molecular formula is C25H21BrN2O5. The number of imide groups is 1. The lowest BCUT2D eigenvalue weighted by molar-refractivity contribution is -0.139. The molecule has 7 nitrogen and oxygen atoms in total.